The van der Waals surface area contributed by atoms with Crippen molar-refractivity contribution < 1.29 is 4.74 Å². The number of ether oxygens (including phenoxy) is 1. The fraction of sp³-hybridized carbons (Fsp3) is 0.625. The smallest absolute Gasteiger partial charge is 0.119 e. The number of rotatable bonds is 7. The average molecular weight is 245 g/mol. The van der Waals surface area contributed by atoms with Gasteiger partial charge in [-0.15, -0.1) is 0 Å². The Bertz CT molecular complexity index is 368. The monoisotopic (exact) mass is 245 g/mol. The highest BCUT2D eigenvalue weighted by Crippen LogP contribution is 2.43. The minimum absolute atomic E-state index is 0.539. The maximum absolute atomic E-state index is 5.83. The van der Waals surface area contributed by atoms with Crippen LogP contribution in [-0.2, 0) is 0 Å². The second kappa shape index (κ2) is 5.31. The van der Waals surface area contributed by atoms with E-state index in [2.05, 4.69) is 5.32 Å². The van der Waals surface area contributed by atoms with Gasteiger partial charge in [-0.1, -0.05) is 24.6 Å². The summed E-state index contributed by atoms with van der Waals surface area (Å²) in [5, 5.41) is 3.69. The molecule has 0 atom stereocenters. The molecule has 0 aromatic heterocycles. The Morgan fingerprint density at radius 1 is 1.17 bits per heavy atom. The van der Waals surface area contributed by atoms with E-state index in [9.17, 15) is 0 Å². The summed E-state index contributed by atoms with van der Waals surface area (Å²) in [7, 11) is 0. The Balaban J connectivity index is 1.42. The van der Waals surface area contributed by atoms with Crippen LogP contribution >= 0.6 is 0 Å². The Morgan fingerprint density at radius 2 is 1.94 bits per heavy atom. The predicted octanol–water partition coefficient (Wildman–Crippen LogP) is 3.38. The minimum Gasteiger partial charge on any atom is -0.494 e. The van der Waals surface area contributed by atoms with E-state index >= 15 is 0 Å². The molecule has 2 aliphatic rings. The quantitative estimate of drug-likeness (QED) is 0.795. The van der Waals surface area contributed by atoms with Gasteiger partial charge >= 0.3 is 0 Å². The van der Waals surface area contributed by atoms with Crippen LogP contribution in [0.2, 0.25) is 0 Å². The normalized spacial score (nSPS) is 21.3. The third-order valence-electron chi connectivity index (χ3n) is 4.40. The highest BCUT2D eigenvalue weighted by molar-refractivity contribution is 5.20. The molecule has 98 valence electrons. The van der Waals surface area contributed by atoms with E-state index in [1.807, 2.05) is 30.3 Å². The first-order valence-corrected chi connectivity index (χ1v) is 7.28. The Hall–Kier alpha value is -1.02. The highest BCUT2D eigenvalue weighted by atomic mass is 16.5. The zero-order valence-corrected chi connectivity index (χ0v) is 11.0. The molecule has 0 unspecified atom stereocenters. The zero-order valence-electron chi connectivity index (χ0n) is 11.0. The van der Waals surface area contributed by atoms with Crippen molar-refractivity contribution >= 4 is 0 Å². The molecule has 0 spiro atoms. The first kappa shape index (κ1) is 12.0. The number of hydrogen-bond donors (Lipinski definition) is 1. The maximum Gasteiger partial charge on any atom is 0.119 e. The number of para-hydroxylation sites is 1. The van der Waals surface area contributed by atoms with E-state index in [4.69, 9.17) is 4.74 Å². The molecule has 2 saturated carbocycles. The van der Waals surface area contributed by atoms with Crippen LogP contribution in [0.3, 0.4) is 0 Å². The minimum atomic E-state index is 0.539. The Labute approximate surface area is 110 Å². The first-order chi connectivity index (χ1) is 8.86. The van der Waals surface area contributed by atoms with Crippen LogP contribution in [0.25, 0.3) is 0 Å². The second-order valence-electron chi connectivity index (χ2n) is 5.92. The molecule has 0 radical (unpaired) electrons. The van der Waals surface area contributed by atoms with Gasteiger partial charge in [0.25, 0.3) is 0 Å². The van der Waals surface area contributed by atoms with Gasteiger partial charge in [-0.2, -0.15) is 0 Å². The first-order valence-electron chi connectivity index (χ1n) is 7.28. The summed E-state index contributed by atoms with van der Waals surface area (Å²) < 4.78 is 5.83. The predicted molar refractivity (Wildman–Crippen MR) is 73.9 cm³/mol. The molecule has 1 N–H and O–H groups in total. The third-order valence-corrected chi connectivity index (χ3v) is 4.40. The van der Waals surface area contributed by atoms with E-state index in [-0.39, 0.29) is 0 Å². The lowest BCUT2D eigenvalue weighted by atomic mass is 9.66. The van der Waals surface area contributed by atoms with Crippen LogP contribution in [0, 0.1) is 5.41 Å². The largest absolute Gasteiger partial charge is 0.494 e. The van der Waals surface area contributed by atoms with Crippen molar-refractivity contribution in [3.8, 4) is 5.75 Å². The van der Waals surface area contributed by atoms with Crippen molar-refractivity contribution in [2.24, 2.45) is 5.41 Å². The van der Waals surface area contributed by atoms with Gasteiger partial charge in [0.2, 0.25) is 0 Å². The van der Waals surface area contributed by atoms with Crippen LogP contribution in [0.4, 0.5) is 0 Å². The molecule has 1 aromatic carbocycles. The highest BCUT2D eigenvalue weighted by Gasteiger charge is 2.37. The molecule has 3 rings (SSSR count). The van der Waals surface area contributed by atoms with Crippen LogP contribution in [0.1, 0.15) is 38.5 Å². The molecule has 0 bridgehead atoms. The second-order valence-corrected chi connectivity index (χ2v) is 5.92. The van der Waals surface area contributed by atoms with Gasteiger partial charge < -0.3 is 10.1 Å². The SMILES string of the molecule is c1ccc(OCCC2(CNC3CC3)CCC2)cc1. The summed E-state index contributed by atoms with van der Waals surface area (Å²) in [5.74, 6) is 1.00. The summed E-state index contributed by atoms with van der Waals surface area (Å²) in [6.07, 6.45) is 8.13. The van der Waals surface area contributed by atoms with E-state index in [0.717, 1.165) is 18.4 Å². The fourth-order valence-electron chi connectivity index (χ4n) is 2.74. The summed E-state index contributed by atoms with van der Waals surface area (Å²) in [6, 6.07) is 11.0. The topological polar surface area (TPSA) is 21.3 Å². The van der Waals surface area contributed by atoms with Gasteiger partial charge in [-0.25, -0.2) is 0 Å². The van der Waals surface area contributed by atoms with Gasteiger partial charge in [0, 0.05) is 12.6 Å². The van der Waals surface area contributed by atoms with Gasteiger partial charge in [0.15, 0.2) is 0 Å². The van der Waals surface area contributed by atoms with E-state index < -0.39 is 0 Å². The molecule has 0 heterocycles. The van der Waals surface area contributed by atoms with Crippen LogP contribution < -0.4 is 10.1 Å². The molecule has 0 amide bonds. The standard InChI is InChI=1S/C16H23NO/c1-2-5-15(6-3-1)18-12-11-16(9-4-10-16)13-17-14-7-8-14/h1-3,5-6,14,17H,4,7-13H2. The van der Waals surface area contributed by atoms with E-state index in [1.54, 1.807) is 0 Å². The van der Waals surface area contributed by atoms with Crippen molar-refractivity contribution in [1.82, 2.24) is 5.32 Å². The lowest BCUT2D eigenvalue weighted by Gasteiger charge is -2.42. The Morgan fingerprint density at radius 3 is 2.56 bits per heavy atom. The zero-order chi connectivity index (χ0) is 12.3. The lowest BCUT2D eigenvalue weighted by Crippen LogP contribution is -2.41. The fourth-order valence-corrected chi connectivity index (χ4v) is 2.74. The summed E-state index contributed by atoms with van der Waals surface area (Å²) in [5.41, 5.74) is 0.539. The lowest BCUT2D eigenvalue weighted by molar-refractivity contribution is 0.0916. The van der Waals surface area contributed by atoms with Gasteiger partial charge in [0.05, 0.1) is 6.61 Å². The van der Waals surface area contributed by atoms with E-state index in [0.29, 0.717) is 5.41 Å². The molecular formula is C16H23NO. The van der Waals surface area contributed by atoms with Gasteiger partial charge in [-0.05, 0) is 49.7 Å². The average Bonchev–Trinajstić information content (AvgIpc) is 3.17. The third kappa shape index (κ3) is 3.05. The van der Waals surface area contributed by atoms with Crippen molar-refractivity contribution in [1.29, 1.82) is 0 Å². The maximum atomic E-state index is 5.83. The van der Waals surface area contributed by atoms with Crippen LogP contribution in [-0.4, -0.2) is 19.2 Å². The van der Waals surface area contributed by atoms with Crippen molar-refractivity contribution in [3.63, 3.8) is 0 Å². The van der Waals surface area contributed by atoms with Gasteiger partial charge in [-0.3, -0.25) is 0 Å². The summed E-state index contributed by atoms with van der Waals surface area (Å²) in [6.45, 7) is 2.06. The van der Waals surface area contributed by atoms with Crippen molar-refractivity contribution in [3.05, 3.63) is 30.3 Å². The number of benzene rings is 1. The van der Waals surface area contributed by atoms with Crippen LogP contribution in [0.15, 0.2) is 30.3 Å². The molecule has 0 aliphatic heterocycles. The molecule has 0 saturated heterocycles. The van der Waals surface area contributed by atoms with Gasteiger partial charge in [0.1, 0.15) is 5.75 Å². The molecule has 2 heteroatoms. The molecule has 2 aliphatic carbocycles. The molecule has 18 heavy (non-hydrogen) atoms. The molecule has 2 nitrogen and oxygen atoms in total. The van der Waals surface area contributed by atoms with Crippen molar-refractivity contribution in [2.75, 3.05) is 13.2 Å². The summed E-state index contributed by atoms with van der Waals surface area (Å²) in [4.78, 5) is 0. The molecule has 1 aromatic rings. The van der Waals surface area contributed by atoms with Crippen LogP contribution in [0.5, 0.6) is 5.75 Å². The number of hydrogen-bond acceptors (Lipinski definition) is 2. The summed E-state index contributed by atoms with van der Waals surface area (Å²) >= 11 is 0. The molecular weight excluding hydrogens is 222 g/mol. The number of nitrogens with one attached hydrogen (secondary N) is 1. The van der Waals surface area contributed by atoms with E-state index in [1.165, 1.54) is 45.1 Å². The van der Waals surface area contributed by atoms with Crippen molar-refractivity contribution in [2.45, 2.75) is 44.6 Å². The Kier molecular flexibility index (Phi) is 3.55. The molecule has 2 fully saturated rings.